The van der Waals surface area contributed by atoms with Gasteiger partial charge in [0.1, 0.15) is 18.1 Å². The molecule has 0 aromatic heterocycles. The molecule has 2 N–H and O–H groups in total. The van der Waals surface area contributed by atoms with Crippen molar-refractivity contribution in [3.05, 3.63) is 70.9 Å². The molecule has 126 valence electrons. The molecule has 0 spiro atoms. The summed E-state index contributed by atoms with van der Waals surface area (Å²) >= 11 is 0. The molecule has 1 heterocycles. The van der Waals surface area contributed by atoms with Crippen LogP contribution in [0.2, 0.25) is 0 Å². The molecular weight excluding hydrogens is 324 g/mol. The van der Waals surface area contributed by atoms with E-state index in [-0.39, 0.29) is 17.9 Å². The van der Waals surface area contributed by atoms with Crippen LogP contribution in [0.4, 0.5) is 4.79 Å². The van der Waals surface area contributed by atoms with Crippen LogP contribution in [-0.2, 0) is 11.4 Å². The number of nitrogens with one attached hydrogen (secondary N) is 2. The fourth-order valence-corrected chi connectivity index (χ4v) is 2.21. The standard InChI is InChI=1S/C18H14N2O5/c21-16-15(19-18(24)20-16)9-11-3-7-14(8-4-11)25-10-12-1-5-13(6-2-12)17(22)23/h1-9H,10H2,(H,22,23)(H2,19,20,21,24)/p-1/b15-9+. The summed E-state index contributed by atoms with van der Waals surface area (Å²) in [5.74, 6) is -1.07. The van der Waals surface area contributed by atoms with E-state index >= 15 is 0 Å². The molecule has 7 heteroatoms. The summed E-state index contributed by atoms with van der Waals surface area (Å²) in [7, 11) is 0. The lowest BCUT2D eigenvalue weighted by Crippen LogP contribution is -2.22. The maximum absolute atomic E-state index is 11.5. The number of imide groups is 1. The zero-order valence-electron chi connectivity index (χ0n) is 12.9. The third-order valence-corrected chi connectivity index (χ3v) is 3.51. The van der Waals surface area contributed by atoms with E-state index in [0.29, 0.717) is 5.75 Å². The van der Waals surface area contributed by atoms with Crippen molar-refractivity contribution in [1.82, 2.24) is 10.6 Å². The molecule has 2 aromatic carbocycles. The molecule has 0 unspecified atom stereocenters. The average molecular weight is 337 g/mol. The van der Waals surface area contributed by atoms with Gasteiger partial charge in [-0.05, 0) is 34.9 Å². The molecule has 25 heavy (non-hydrogen) atoms. The lowest BCUT2D eigenvalue weighted by molar-refractivity contribution is -0.255. The van der Waals surface area contributed by atoms with Gasteiger partial charge in [-0.25, -0.2) is 4.79 Å². The van der Waals surface area contributed by atoms with E-state index in [2.05, 4.69) is 10.6 Å². The highest BCUT2D eigenvalue weighted by atomic mass is 16.5. The quantitative estimate of drug-likeness (QED) is 0.620. The van der Waals surface area contributed by atoms with Gasteiger partial charge >= 0.3 is 6.03 Å². The van der Waals surface area contributed by atoms with Crippen molar-refractivity contribution in [2.75, 3.05) is 0 Å². The van der Waals surface area contributed by atoms with Crippen molar-refractivity contribution in [3.63, 3.8) is 0 Å². The summed E-state index contributed by atoms with van der Waals surface area (Å²) in [5.41, 5.74) is 1.86. The molecule has 0 radical (unpaired) electrons. The number of rotatable bonds is 5. The molecule has 1 saturated heterocycles. The highest BCUT2D eigenvalue weighted by Gasteiger charge is 2.22. The molecule has 1 fully saturated rings. The van der Waals surface area contributed by atoms with Crippen LogP contribution in [0.15, 0.2) is 54.2 Å². The highest BCUT2D eigenvalue weighted by Crippen LogP contribution is 2.16. The molecule has 1 aliphatic rings. The molecule has 0 atom stereocenters. The van der Waals surface area contributed by atoms with Crippen molar-refractivity contribution < 1.29 is 24.2 Å². The van der Waals surface area contributed by atoms with Crippen LogP contribution in [0.5, 0.6) is 5.75 Å². The van der Waals surface area contributed by atoms with Crippen LogP contribution in [0, 0.1) is 0 Å². The minimum Gasteiger partial charge on any atom is -0.545 e. The molecule has 0 saturated carbocycles. The number of hydrogen-bond acceptors (Lipinski definition) is 5. The second-order valence-corrected chi connectivity index (χ2v) is 5.31. The summed E-state index contributed by atoms with van der Waals surface area (Å²) in [4.78, 5) is 33.2. The van der Waals surface area contributed by atoms with Gasteiger partial charge in [0.2, 0.25) is 0 Å². The van der Waals surface area contributed by atoms with Gasteiger partial charge in [0.05, 0.1) is 5.97 Å². The Morgan fingerprint density at radius 2 is 1.68 bits per heavy atom. The van der Waals surface area contributed by atoms with Crippen LogP contribution in [0.25, 0.3) is 6.08 Å². The molecule has 0 aliphatic carbocycles. The minimum atomic E-state index is -1.22. The Labute approximate surface area is 142 Å². The Hall–Kier alpha value is -3.61. The van der Waals surface area contributed by atoms with Crippen molar-refractivity contribution >= 4 is 24.0 Å². The third kappa shape index (κ3) is 4.03. The third-order valence-electron chi connectivity index (χ3n) is 3.51. The summed E-state index contributed by atoms with van der Waals surface area (Å²) in [5, 5.41) is 15.2. The zero-order chi connectivity index (χ0) is 17.8. The molecule has 0 bridgehead atoms. The van der Waals surface area contributed by atoms with Gasteiger partial charge in [-0.1, -0.05) is 36.4 Å². The zero-order valence-corrected chi connectivity index (χ0v) is 12.9. The summed E-state index contributed by atoms with van der Waals surface area (Å²) in [6.45, 7) is 0.284. The summed E-state index contributed by atoms with van der Waals surface area (Å²) in [6.07, 6.45) is 1.56. The smallest absolute Gasteiger partial charge is 0.326 e. The van der Waals surface area contributed by atoms with Gasteiger partial charge < -0.3 is 20.0 Å². The number of amides is 3. The second-order valence-electron chi connectivity index (χ2n) is 5.31. The topological polar surface area (TPSA) is 108 Å². The van der Waals surface area contributed by atoms with E-state index in [1.807, 2.05) is 0 Å². The van der Waals surface area contributed by atoms with Crippen molar-refractivity contribution in [3.8, 4) is 5.75 Å². The molecule has 3 amide bonds. The predicted octanol–water partition coefficient (Wildman–Crippen LogP) is 0.809. The second kappa shape index (κ2) is 6.88. The Morgan fingerprint density at radius 1 is 1.00 bits per heavy atom. The number of ether oxygens (including phenoxy) is 1. The average Bonchev–Trinajstić information content (AvgIpc) is 2.92. The predicted molar refractivity (Wildman–Crippen MR) is 86.2 cm³/mol. The maximum atomic E-state index is 11.5. The summed E-state index contributed by atoms with van der Waals surface area (Å²) in [6, 6.07) is 12.7. The molecule has 7 nitrogen and oxygen atoms in total. The Morgan fingerprint density at radius 3 is 2.24 bits per heavy atom. The SMILES string of the molecule is O=C1NC(=O)/C(=C\c2ccc(OCc3ccc(C(=O)[O-])cc3)cc2)N1. The number of benzene rings is 2. The summed E-state index contributed by atoms with van der Waals surface area (Å²) < 4.78 is 5.62. The fraction of sp³-hybridized carbons (Fsp3) is 0.0556. The van der Waals surface area contributed by atoms with Gasteiger partial charge in [0.15, 0.2) is 0 Å². The lowest BCUT2D eigenvalue weighted by atomic mass is 10.1. The Kier molecular flexibility index (Phi) is 4.47. The van der Waals surface area contributed by atoms with Crippen LogP contribution in [0.3, 0.4) is 0 Å². The van der Waals surface area contributed by atoms with Gasteiger partial charge in [-0.3, -0.25) is 10.1 Å². The van der Waals surface area contributed by atoms with E-state index in [9.17, 15) is 19.5 Å². The normalized spacial score (nSPS) is 15.0. The van der Waals surface area contributed by atoms with Crippen molar-refractivity contribution in [2.45, 2.75) is 6.61 Å². The van der Waals surface area contributed by atoms with E-state index < -0.39 is 17.9 Å². The van der Waals surface area contributed by atoms with E-state index in [1.165, 1.54) is 12.1 Å². The molecular formula is C18H13N2O5-. The van der Waals surface area contributed by atoms with E-state index in [0.717, 1.165) is 11.1 Å². The number of hydrogen-bond donors (Lipinski definition) is 2. The van der Waals surface area contributed by atoms with Gasteiger partial charge in [-0.2, -0.15) is 0 Å². The first-order chi connectivity index (χ1) is 12.0. The number of aromatic carboxylic acids is 1. The molecule has 3 rings (SSSR count). The number of carbonyl (C=O) groups excluding carboxylic acids is 3. The monoisotopic (exact) mass is 337 g/mol. The van der Waals surface area contributed by atoms with Crippen LogP contribution in [-0.4, -0.2) is 17.9 Å². The number of carboxylic acids is 1. The number of carboxylic acid groups (broad SMARTS) is 1. The van der Waals surface area contributed by atoms with Gasteiger partial charge in [-0.15, -0.1) is 0 Å². The largest absolute Gasteiger partial charge is 0.545 e. The van der Waals surface area contributed by atoms with Gasteiger partial charge in [0, 0.05) is 0 Å². The fourth-order valence-electron chi connectivity index (χ4n) is 2.21. The van der Waals surface area contributed by atoms with Gasteiger partial charge in [0.25, 0.3) is 5.91 Å². The number of carbonyl (C=O) groups is 3. The first-order valence-corrected chi connectivity index (χ1v) is 7.38. The number of urea groups is 1. The maximum Gasteiger partial charge on any atom is 0.326 e. The van der Waals surface area contributed by atoms with Crippen LogP contribution < -0.4 is 20.5 Å². The molecule has 2 aromatic rings. The molecule has 1 aliphatic heterocycles. The van der Waals surface area contributed by atoms with E-state index in [4.69, 9.17) is 4.74 Å². The minimum absolute atomic E-state index is 0.115. The van der Waals surface area contributed by atoms with E-state index in [1.54, 1.807) is 42.5 Å². The van der Waals surface area contributed by atoms with Crippen molar-refractivity contribution in [2.24, 2.45) is 0 Å². The first kappa shape index (κ1) is 16.3. The first-order valence-electron chi connectivity index (χ1n) is 7.38. The Balaban J connectivity index is 1.61. The Bertz CT molecular complexity index is 854. The van der Waals surface area contributed by atoms with Crippen LogP contribution >= 0.6 is 0 Å². The lowest BCUT2D eigenvalue weighted by Gasteiger charge is -2.08. The van der Waals surface area contributed by atoms with Crippen LogP contribution in [0.1, 0.15) is 21.5 Å². The highest BCUT2D eigenvalue weighted by molar-refractivity contribution is 6.13. The van der Waals surface area contributed by atoms with Crippen molar-refractivity contribution in [1.29, 1.82) is 0 Å².